The minimum absolute atomic E-state index is 0. The summed E-state index contributed by atoms with van der Waals surface area (Å²) in [5, 5.41) is 18.8. The molecule has 0 bridgehead atoms. The maximum atomic E-state index is 9.39. The largest absolute Gasteiger partial charge is 2.00 e. The first-order chi connectivity index (χ1) is 45.2. The molecular formula is C82H82N8O6Zn. The van der Waals surface area contributed by atoms with E-state index >= 15 is 0 Å². The van der Waals surface area contributed by atoms with Gasteiger partial charge >= 0.3 is 19.5 Å². The van der Waals surface area contributed by atoms with Crippen LogP contribution in [-0.4, -0.2) is 11.8 Å². The first-order valence-corrected chi connectivity index (χ1v) is 31.8. The number of ether oxygens (including phenoxy) is 6. The summed E-state index contributed by atoms with van der Waals surface area (Å²) in [5.74, 6) is 6.71. The van der Waals surface area contributed by atoms with Crippen LogP contribution in [0.2, 0.25) is 0 Å². The Balaban J connectivity index is 0.000000245. The topological polar surface area (TPSA) is 165 Å². The number of aromatic nitrogens is 2. The molecule has 0 N–H and O–H groups in total. The second kappa shape index (κ2) is 28.9. The third-order valence-electron chi connectivity index (χ3n) is 16.2. The zero-order valence-electron chi connectivity index (χ0n) is 59.4. The molecule has 0 saturated heterocycles. The van der Waals surface area contributed by atoms with Crippen LogP contribution in [0.3, 0.4) is 0 Å². The molecule has 6 aromatic carbocycles. The van der Waals surface area contributed by atoms with Crippen molar-refractivity contribution in [3.8, 4) is 58.4 Å². The summed E-state index contributed by atoms with van der Waals surface area (Å²) in [4.78, 5) is 26.6. The van der Waals surface area contributed by atoms with Crippen LogP contribution in [-0.2, 0) is 41.1 Å². The maximum Gasteiger partial charge on any atom is 2.00 e. The number of allylic oxidation sites excluding steroid dienone is 2. The van der Waals surface area contributed by atoms with Crippen molar-refractivity contribution in [2.24, 2.45) is 9.98 Å². The average Bonchev–Trinajstić information content (AvgIpc) is 1.78. The second-order valence-electron chi connectivity index (χ2n) is 28.5. The summed E-state index contributed by atoms with van der Waals surface area (Å²) in [6.45, 7) is 56.2. The van der Waals surface area contributed by atoms with Gasteiger partial charge in [-0.1, -0.05) is 143 Å². The van der Waals surface area contributed by atoms with E-state index in [1.54, 1.807) is 24.3 Å². The number of nitriles is 2. The zero-order chi connectivity index (χ0) is 69.9. The molecule has 0 spiro atoms. The fourth-order valence-electron chi connectivity index (χ4n) is 11.5. The molecule has 2 aliphatic rings. The summed E-state index contributed by atoms with van der Waals surface area (Å²) in [6.07, 6.45) is 7.34. The quantitative estimate of drug-likeness (QED) is 0.0653. The number of aryl methyl sites for hydroxylation is 8. The van der Waals surface area contributed by atoms with E-state index in [2.05, 4.69) is 141 Å². The van der Waals surface area contributed by atoms with Gasteiger partial charge in [0.05, 0.1) is 36.4 Å². The van der Waals surface area contributed by atoms with Gasteiger partial charge in [-0.05, 0) is 194 Å². The molecule has 0 saturated carbocycles. The molecule has 0 radical (unpaired) electrons. The van der Waals surface area contributed by atoms with Gasteiger partial charge in [0.2, 0.25) is 11.8 Å². The van der Waals surface area contributed by atoms with Crippen LogP contribution in [0.15, 0.2) is 155 Å². The van der Waals surface area contributed by atoms with Crippen molar-refractivity contribution in [3.63, 3.8) is 0 Å². The molecule has 4 heterocycles. The first kappa shape index (κ1) is 72.4. The summed E-state index contributed by atoms with van der Waals surface area (Å²) in [5.41, 5.74) is 14.7. The number of para-hydroxylation sites is 2. The number of hydrogen-bond acceptors (Lipinski definition) is 10. The summed E-state index contributed by atoms with van der Waals surface area (Å²) >= 11 is 0. The molecule has 0 amide bonds. The third-order valence-corrected chi connectivity index (χ3v) is 16.2. The van der Waals surface area contributed by atoms with E-state index in [1.165, 1.54) is 0 Å². The summed E-state index contributed by atoms with van der Waals surface area (Å²) < 4.78 is 39.1. The van der Waals surface area contributed by atoms with E-state index in [1.807, 2.05) is 128 Å². The van der Waals surface area contributed by atoms with Gasteiger partial charge in [-0.25, -0.2) is 19.7 Å². The number of aliphatic imine (C=N–C) groups is 2. The molecule has 488 valence electrons. The van der Waals surface area contributed by atoms with Gasteiger partial charge in [-0.15, -0.1) is 0 Å². The molecule has 0 unspecified atom stereocenters. The van der Waals surface area contributed by atoms with Gasteiger partial charge in [0.15, 0.2) is 11.4 Å². The summed E-state index contributed by atoms with van der Waals surface area (Å²) in [7, 11) is 0. The summed E-state index contributed by atoms with van der Waals surface area (Å²) in [6, 6.07) is 38.8. The molecule has 8 aromatic rings. The molecule has 2 aromatic heterocycles. The van der Waals surface area contributed by atoms with Crippen molar-refractivity contribution in [1.82, 2.24) is 9.97 Å². The fourth-order valence-corrected chi connectivity index (χ4v) is 11.5. The Morgan fingerprint density at radius 2 is 0.670 bits per heavy atom. The van der Waals surface area contributed by atoms with Crippen molar-refractivity contribution in [3.05, 3.63) is 257 Å². The molecule has 10 rings (SSSR count). The van der Waals surface area contributed by atoms with Crippen LogP contribution < -0.4 is 38.4 Å². The molecule has 2 aliphatic heterocycles. The molecule has 0 aliphatic carbocycles. The van der Waals surface area contributed by atoms with Crippen LogP contribution in [0.25, 0.3) is 21.2 Å². The van der Waals surface area contributed by atoms with Crippen molar-refractivity contribution in [2.75, 3.05) is 0 Å². The Kier molecular flexibility index (Phi) is 21.6. The Labute approximate surface area is 585 Å². The normalized spacial score (nSPS) is 13.7. The molecule has 14 nitrogen and oxygen atoms in total. The number of rotatable bonds is 12. The van der Waals surface area contributed by atoms with Gasteiger partial charge in [-0.3, -0.25) is 0 Å². The van der Waals surface area contributed by atoms with E-state index in [0.717, 1.165) is 78.3 Å². The standard InChI is InChI=1S/2C41H41N4O3.Zn/c2*1-24-19-28(23-42)20-25(2)36(24)46-34-17-15-32(44-34)39(48-38-30(40(5,6)7)13-12-14-31(38)41(8,9)10)33-16-18-35(45-33)47-37-26(3)21-29(43-11)22-27(37)4;/h2*12-22H,1-10H3;/q2*-1;+2/b2*39-32+;. The SMILES string of the molecule is [C-]#[N+]c1cc(C)c(Oc2ccc(/C(Oc3c(C(C)(C)C)cccc3C(C)(C)C)=C3/C=CC(Oc4c(C)cc(C#N)cc4C)=N3)[n-]2)c(C)c1.[C-]#[N+]c1cc(C)c(Oc2ccc(/C(Oc3c(C(C)(C)C)cccc3C(C)(C)C)=C3/C=CC(Oc4c(C)cc(C#N)cc4C)=N3)[n-]2)c(C)c1.[Zn+2]. The predicted octanol–water partition coefficient (Wildman–Crippen LogP) is 21.0. The van der Waals surface area contributed by atoms with Crippen molar-refractivity contribution >= 4 is 34.7 Å². The first-order valence-electron chi connectivity index (χ1n) is 31.8. The van der Waals surface area contributed by atoms with Crippen LogP contribution in [0.5, 0.6) is 46.3 Å². The third kappa shape index (κ3) is 16.6. The van der Waals surface area contributed by atoms with E-state index in [-0.39, 0.29) is 41.1 Å². The van der Waals surface area contributed by atoms with Crippen molar-refractivity contribution in [1.29, 1.82) is 10.5 Å². The molecule has 0 fully saturated rings. The van der Waals surface area contributed by atoms with E-state index in [4.69, 9.17) is 61.5 Å². The molecule has 97 heavy (non-hydrogen) atoms. The number of hydrogen-bond donors (Lipinski definition) is 0. The van der Waals surface area contributed by atoms with Gasteiger partial charge in [0.1, 0.15) is 57.4 Å². The zero-order valence-corrected chi connectivity index (χ0v) is 62.4. The Morgan fingerprint density at radius 1 is 0.392 bits per heavy atom. The van der Waals surface area contributed by atoms with E-state index in [0.29, 0.717) is 103 Å². The van der Waals surface area contributed by atoms with Gasteiger partial charge < -0.3 is 38.4 Å². The van der Waals surface area contributed by atoms with Crippen LogP contribution in [0.4, 0.5) is 11.4 Å². The second-order valence-corrected chi connectivity index (χ2v) is 28.5. The van der Waals surface area contributed by atoms with Gasteiger partial charge in [-0.2, -0.15) is 10.5 Å². The molecular weight excluding hydrogens is 1260 g/mol. The molecule has 0 atom stereocenters. The van der Waals surface area contributed by atoms with Crippen molar-refractivity contribution < 1.29 is 47.9 Å². The Bertz CT molecular complexity index is 4320. The monoisotopic (exact) mass is 1340 g/mol. The van der Waals surface area contributed by atoms with Gasteiger partial charge in [0.25, 0.3) is 0 Å². The number of benzene rings is 6. The van der Waals surface area contributed by atoms with E-state index in [9.17, 15) is 10.5 Å². The smallest absolute Gasteiger partial charge is 0.624 e. The van der Waals surface area contributed by atoms with Gasteiger partial charge in [0, 0.05) is 46.2 Å². The Hall–Kier alpha value is -10.4. The minimum Gasteiger partial charge on any atom is -0.624 e. The van der Waals surface area contributed by atoms with Crippen molar-refractivity contribution in [2.45, 2.75) is 160 Å². The minimum atomic E-state index is -0.208. The van der Waals surface area contributed by atoms with E-state index < -0.39 is 0 Å². The predicted molar refractivity (Wildman–Crippen MR) is 382 cm³/mol. The Morgan fingerprint density at radius 3 is 0.938 bits per heavy atom. The van der Waals surface area contributed by atoms with Crippen LogP contribution >= 0.6 is 0 Å². The molecule has 15 heteroatoms. The fraction of sp³-hybridized carbons (Fsp3) is 0.293. The average molecular weight is 1340 g/mol. The van der Waals surface area contributed by atoms with Crippen LogP contribution in [0, 0.1) is 91.2 Å². The van der Waals surface area contributed by atoms with Crippen LogP contribution in [0.1, 0.15) is 172 Å². The maximum absolute atomic E-state index is 9.39. The number of nitrogens with zero attached hydrogens (tertiary/aromatic N) is 8.